The molecule has 0 fully saturated rings. The average molecular weight is 505 g/mol. The van der Waals surface area contributed by atoms with E-state index in [0.29, 0.717) is 21.8 Å². The molecule has 0 aliphatic carbocycles. The highest BCUT2D eigenvalue weighted by Crippen LogP contribution is 2.43. The van der Waals surface area contributed by atoms with Crippen LogP contribution in [-0.4, -0.2) is 11.8 Å². The lowest BCUT2D eigenvalue weighted by Gasteiger charge is -2.13. The first-order valence-corrected chi connectivity index (χ1v) is 13.0. The van der Waals surface area contributed by atoms with Gasteiger partial charge in [-0.1, -0.05) is 87.8 Å². The number of rotatable bonds is 7. The number of hydrogen-bond donors (Lipinski definition) is 2. The summed E-state index contributed by atoms with van der Waals surface area (Å²) >= 11 is 6.17. The van der Waals surface area contributed by atoms with Crippen LogP contribution in [0.2, 0.25) is 5.02 Å². The number of nitrogens with one attached hydrogen (secondary N) is 2. The van der Waals surface area contributed by atoms with E-state index < -0.39 is 0 Å². The van der Waals surface area contributed by atoms with Crippen molar-refractivity contribution in [1.29, 1.82) is 0 Å². The lowest BCUT2D eigenvalue weighted by atomic mass is 10.1. The van der Waals surface area contributed by atoms with Crippen LogP contribution < -0.4 is 10.6 Å². The molecule has 0 aromatic heterocycles. The fourth-order valence-electron chi connectivity index (χ4n) is 3.23. The highest BCUT2D eigenvalue weighted by molar-refractivity contribution is 8.76. The summed E-state index contributed by atoms with van der Waals surface area (Å²) in [5, 5.41) is 6.37. The van der Waals surface area contributed by atoms with E-state index in [1.165, 1.54) is 21.6 Å². The van der Waals surface area contributed by atoms with E-state index >= 15 is 0 Å². The number of carbonyl (C=O) groups is 2. The number of para-hydroxylation sites is 2. The van der Waals surface area contributed by atoms with E-state index in [2.05, 4.69) is 10.6 Å². The molecule has 4 nitrogen and oxygen atoms in total. The van der Waals surface area contributed by atoms with Gasteiger partial charge in [0.1, 0.15) is 0 Å². The van der Waals surface area contributed by atoms with E-state index in [4.69, 9.17) is 11.6 Å². The predicted molar refractivity (Wildman–Crippen MR) is 143 cm³/mol. The second-order valence-corrected chi connectivity index (χ2v) is 9.98. The van der Waals surface area contributed by atoms with Gasteiger partial charge >= 0.3 is 0 Å². The zero-order chi connectivity index (χ0) is 23.9. The van der Waals surface area contributed by atoms with Crippen molar-refractivity contribution in [3.63, 3.8) is 0 Å². The van der Waals surface area contributed by atoms with Crippen LogP contribution in [0.15, 0.2) is 107 Å². The second-order valence-electron chi connectivity index (χ2n) is 7.36. The van der Waals surface area contributed by atoms with Crippen LogP contribution in [-0.2, 0) is 0 Å². The Kier molecular flexibility index (Phi) is 7.95. The van der Waals surface area contributed by atoms with Gasteiger partial charge in [-0.2, -0.15) is 0 Å². The van der Waals surface area contributed by atoms with Crippen molar-refractivity contribution in [2.45, 2.75) is 16.7 Å². The van der Waals surface area contributed by atoms with Gasteiger partial charge in [0.15, 0.2) is 0 Å². The minimum absolute atomic E-state index is 0.149. The van der Waals surface area contributed by atoms with Crippen molar-refractivity contribution in [1.82, 2.24) is 0 Å². The molecule has 0 bridgehead atoms. The number of anilines is 2. The third-order valence-corrected chi connectivity index (χ3v) is 7.81. The van der Waals surface area contributed by atoms with Crippen LogP contribution in [0.25, 0.3) is 0 Å². The van der Waals surface area contributed by atoms with Gasteiger partial charge < -0.3 is 10.6 Å². The fourth-order valence-corrected chi connectivity index (χ4v) is 5.72. The Morgan fingerprint density at radius 3 is 1.62 bits per heavy atom. The maximum atomic E-state index is 12.8. The predicted octanol–water partition coefficient (Wildman–Crippen LogP) is 7.95. The minimum Gasteiger partial charge on any atom is -0.321 e. The fraction of sp³-hybridized carbons (Fsp3) is 0.0370. The van der Waals surface area contributed by atoms with Gasteiger partial charge in [-0.15, -0.1) is 0 Å². The smallest absolute Gasteiger partial charge is 0.257 e. The van der Waals surface area contributed by atoms with Crippen LogP contribution in [0.1, 0.15) is 26.3 Å². The molecule has 0 atom stereocenters. The molecule has 2 N–H and O–H groups in total. The molecule has 0 spiro atoms. The molecule has 0 heterocycles. The molecule has 4 rings (SSSR count). The van der Waals surface area contributed by atoms with E-state index in [1.807, 2.05) is 79.7 Å². The molecule has 0 unspecified atom stereocenters. The number of carbonyl (C=O) groups excluding carboxylic acids is 2. The topological polar surface area (TPSA) is 58.2 Å². The molecular formula is C27H21ClN2O2S2. The molecule has 34 heavy (non-hydrogen) atoms. The molecule has 2 amide bonds. The van der Waals surface area contributed by atoms with Crippen LogP contribution >= 0.6 is 33.2 Å². The zero-order valence-electron chi connectivity index (χ0n) is 18.2. The second kappa shape index (κ2) is 11.3. The lowest BCUT2D eigenvalue weighted by molar-refractivity contribution is 0.101. The first-order valence-electron chi connectivity index (χ1n) is 10.5. The molecule has 4 aromatic carbocycles. The van der Waals surface area contributed by atoms with E-state index in [-0.39, 0.29) is 11.8 Å². The Hall–Kier alpha value is -3.19. The van der Waals surface area contributed by atoms with E-state index in [9.17, 15) is 9.59 Å². The normalized spacial score (nSPS) is 10.5. The lowest BCUT2D eigenvalue weighted by Crippen LogP contribution is -2.13. The standard InChI is InChI=1S/C27H21ClN2O2S2/c1-18-10-2-3-11-19(18)26(31)29-22-14-6-8-16-24(22)33-34-25-17-9-7-15-23(25)30-27(32)20-12-4-5-13-21(20)28/h2-17H,1H3,(H,29,31)(H,30,32). The number of halogens is 1. The number of amides is 2. The van der Waals surface area contributed by atoms with Crippen molar-refractivity contribution in [3.8, 4) is 0 Å². The van der Waals surface area contributed by atoms with Crippen molar-refractivity contribution in [2.24, 2.45) is 0 Å². The third kappa shape index (κ3) is 5.83. The van der Waals surface area contributed by atoms with Gasteiger partial charge in [0.05, 0.1) is 22.0 Å². The van der Waals surface area contributed by atoms with Crippen molar-refractivity contribution < 1.29 is 9.59 Å². The summed E-state index contributed by atoms with van der Waals surface area (Å²) in [6.07, 6.45) is 0. The summed E-state index contributed by atoms with van der Waals surface area (Å²) in [7, 11) is 3.01. The molecule has 0 saturated carbocycles. The SMILES string of the molecule is Cc1ccccc1C(=O)Nc1ccccc1SSc1ccccc1NC(=O)c1ccccc1Cl. The monoisotopic (exact) mass is 504 g/mol. The zero-order valence-corrected chi connectivity index (χ0v) is 20.6. The average Bonchev–Trinajstić information content (AvgIpc) is 2.84. The van der Waals surface area contributed by atoms with Gasteiger partial charge in [-0.3, -0.25) is 9.59 Å². The Bertz CT molecular complexity index is 1240. The quantitative estimate of drug-likeness (QED) is 0.251. The Balaban J connectivity index is 1.49. The summed E-state index contributed by atoms with van der Waals surface area (Å²) in [6, 6.07) is 29.7. The Labute approximate surface area is 211 Å². The van der Waals surface area contributed by atoms with Crippen molar-refractivity contribution in [3.05, 3.63) is 119 Å². The maximum Gasteiger partial charge on any atom is 0.257 e. The number of benzene rings is 4. The summed E-state index contributed by atoms with van der Waals surface area (Å²) in [4.78, 5) is 27.3. The molecule has 0 saturated heterocycles. The van der Waals surface area contributed by atoms with Gasteiger partial charge in [0.2, 0.25) is 0 Å². The summed E-state index contributed by atoms with van der Waals surface area (Å²) in [6.45, 7) is 1.92. The largest absolute Gasteiger partial charge is 0.321 e. The van der Waals surface area contributed by atoms with Crippen LogP contribution in [0.5, 0.6) is 0 Å². The first-order chi connectivity index (χ1) is 16.5. The molecular weight excluding hydrogens is 484 g/mol. The van der Waals surface area contributed by atoms with Gasteiger partial charge in [-0.25, -0.2) is 0 Å². The van der Waals surface area contributed by atoms with Gasteiger partial charge in [0.25, 0.3) is 11.8 Å². The minimum atomic E-state index is -0.269. The highest BCUT2D eigenvalue weighted by atomic mass is 35.5. The molecule has 0 radical (unpaired) electrons. The Morgan fingerprint density at radius 2 is 1.06 bits per heavy atom. The van der Waals surface area contributed by atoms with Crippen LogP contribution in [0.3, 0.4) is 0 Å². The first kappa shape index (κ1) is 24.0. The van der Waals surface area contributed by atoms with E-state index in [1.54, 1.807) is 24.3 Å². The van der Waals surface area contributed by atoms with Gasteiger partial charge in [0, 0.05) is 15.4 Å². The number of aryl methyl sites for hydroxylation is 1. The molecule has 4 aromatic rings. The molecule has 170 valence electrons. The third-order valence-electron chi connectivity index (χ3n) is 5.00. The highest BCUT2D eigenvalue weighted by Gasteiger charge is 2.14. The van der Waals surface area contributed by atoms with Crippen LogP contribution in [0.4, 0.5) is 11.4 Å². The van der Waals surface area contributed by atoms with Gasteiger partial charge in [-0.05, 0) is 55.0 Å². The number of hydrogen-bond acceptors (Lipinski definition) is 4. The maximum absolute atomic E-state index is 12.8. The molecule has 0 aliphatic heterocycles. The van der Waals surface area contributed by atoms with Crippen molar-refractivity contribution >= 4 is 56.4 Å². The van der Waals surface area contributed by atoms with Crippen molar-refractivity contribution in [2.75, 3.05) is 10.6 Å². The Morgan fingerprint density at radius 1 is 0.618 bits per heavy atom. The summed E-state index contributed by atoms with van der Waals surface area (Å²) in [5.41, 5.74) is 3.39. The van der Waals surface area contributed by atoms with Crippen LogP contribution in [0, 0.1) is 6.92 Å². The summed E-state index contributed by atoms with van der Waals surface area (Å²) < 4.78 is 0. The molecule has 0 aliphatic rings. The summed E-state index contributed by atoms with van der Waals surface area (Å²) in [5.74, 6) is -0.418. The van der Waals surface area contributed by atoms with E-state index in [0.717, 1.165) is 21.0 Å². The molecule has 7 heteroatoms.